The Bertz CT molecular complexity index is 906. The maximum absolute atomic E-state index is 13.9. The van der Waals surface area contributed by atoms with Gasteiger partial charge in [-0.15, -0.1) is 0 Å². The predicted molar refractivity (Wildman–Crippen MR) is 100 cm³/mol. The summed E-state index contributed by atoms with van der Waals surface area (Å²) in [5.41, 5.74) is 1.06. The molecule has 6 rings (SSSR count). The van der Waals surface area contributed by atoms with Crippen LogP contribution in [0.4, 0.5) is 8.78 Å². The smallest absolute Gasteiger partial charge is 0.254 e. The van der Waals surface area contributed by atoms with Crippen LogP contribution in [-0.2, 0) is 0 Å². The van der Waals surface area contributed by atoms with Gasteiger partial charge in [-0.05, 0) is 67.7 Å². The molecule has 4 fully saturated rings. The number of aromatic hydroxyl groups is 1. The van der Waals surface area contributed by atoms with Crippen molar-refractivity contribution in [1.29, 1.82) is 0 Å². The third kappa shape index (κ3) is 2.78. The molecule has 146 valence electrons. The lowest BCUT2D eigenvalue weighted by molar-refractivity contribution is -0.00344. The van der Waals surface area contributed by atoms with E-state index in [9.17, 15) is 18.7 Å². The Morgan fingerprint density at radius 3 is 2.39 bits per heavy atom. The van der Waals surface area contributed by atoms with Crippen LogP contribution in [0, 0.1) is 17.6 Å². The van der Waals surface area contributed by atoms with Crippen molar-refractivity contribution >= 4 is 5.91 Å². The highest BCUT2D eigenvalue weighted by atomic mass is 19.1. The molecule has 0 radical (unpaired) electrons. The van der Waals surface area contributed by atoms with E-state index < -0.39 is 11.6 Å². The summed E-state index contributed by atoms with van der Waals surface area (Å²) in [5, 5.41) is 9.77. The summed E-state index contributed by atoms with van der Waals surface area (Å²) >= 11 is 0. The molecule has 0 saturated carbocycles. The van der Waals surface area contributed by atoms with E-state index in [0.717, 1.165) is 32.0 Å². The molecule has 0 aliphatic carbocycles. The molecule has 28 heavy (non-hydrogen) atoms. The summed E-state index contributed by atoms with van der Waals surface area (Å²) in [4.78, 5) is 17.5. The number of fused-ring (bicyclic) bond motifs is 2. The summed E-state index contributed by atoms with van der Waals surface area (Å²) < 4.78 is 27.8. The molecule has 0 aromatic heterocycles. The van der Waals surface area contributed by atoms with E-state index in [1.54, 1.807) is 12.1 Å². The van der Waals surface area contributed by atoms with Gasteiger partial charge in [-0.1, -0.05) is 6.07 Å². The Kier molecular flexibility index (Phi) is 4.12. The molecular weight excluding hydrogens is 362 g/mol. The number of nitrogens with zero attached hydrogens (tertiary/aromatic N) is 2. The number of piperidine rings is 3. The molecular formula is C22H22F2N2O2. The predicted octanol–water partition coefficient (Wildman–Crippen LogP) is 3.37. The number of phenols is 1. The van der Waals surface area contributed by atoms with Crippen LogP contribution in [0.1, 0.15) is 34.7 Å². The fraction of sp³-hybridized carbons (Fsp3) is 0.409. The first-order valence-corrected chi connectivity index (χ1v) is 9.81. The van der Waals surface area contributed by atoms with Gasteiger partial charge >= 0.3 is 0 Å². The molecule has 2 aromatic carbocycles. The molecule has 3 atom stereocenters. The molecule has 2 aromatic rings. The van der Waals surface area contributed by atoms with Crippen LogP contribution in [-0.4, -0.2) is 52.5 Å². The topological polar surface area (TPSA) is 43.8 Å². The summed E-state index contributed by atoms with van der Waals surface area (Å²) in [7, 11) is 0. The van der Waals surface area contributed by atoms with E-state index in [-0.39, 0.29) is 29.7 Å². The van der Waals surface area contributed by atoms with E-state index in [1.165, 1.54) is 24.3 Å². The van der Waals surface area contributed by atoms with Crippen molar-refractivity contribution in [1.82, 2.24) is 9.80 Å². The highest BCUT2D eigenvalue weighted by molar-refractivity contribution is 5.95. The second-order valence-electron chi connectivity index (χ2n) is 8.17. The summed E-state index contributed by atoms with van der Waals surface area (Å²) in [6, 6.07) is 10.2. The molecule has 2 bridgehead atoms. The highest BCUT2D eigenvalue weighted by Crippen LogP contribution is 2.47. The molecule has 4 nitrogen and oxygen atoms in total. The van der Waals surface area contributed by atoms with Gasteiger partial charge in [-0.25, -0.2) is 8.78 Å². The fourth-order valence-electron chi connectivity index (χ4n) is 5.54. The number of likely N-dealkylation sites (tertiary alicyclic amines) is 1. The Morgan fingerprint density at radius 1 is 1.00 bits per heavy atom. The zero-order valence-electron chi connectivity index (χ0n) is 15.4. The summed E-state index contributed by atoms with van der Waals surface area (Å²) in [5.74, 6) is -0.960. The lowest BCUT2D eigenvalue weighted by Crippen LogP contribution is -2.60. The first-order chi connectivity index (χ1) is 13.5. The van der Waals surface area contributed by atoms with E-state index >= 15 is 0 Å². The van der Waals surface area contributed by atoms with Gasteiger partial charge in [-0.2, -0.15) is 0 Å². The number of carbonyl (C=O) groups excluding carboxylic acids is 1. The second kappa shape index (κ2) is 6.55. The maximum atomic E-state index is 13.9. The normalized spacial score (nSPS) is 31.1. The van der Waals surface area contributed by atoms with Crippen molar-refractivity contribution in [2.45, 2.75) is 30.8 Å². The van der Waals surface area contributed by atoms with Crippen molar-refractivity contribution in [3.8, 4) is 5.75 Å². The van der Waals surface area contributed by atoms with Crippen molar-refractivity contribution in [2.75, 3.05) is 19.6 Å². The second-order valence-corrected chi connectivity index (χ2v) is 8.17. The van der Waals surface area contributed by atoms with Gasteiger partial charge in [0.05, 0.1) is 6.04 Å². The standard InChI is InChI=1S/C22H22F2N2O2/c23-16-8-15(9-17(24)11-16)19-12-26(22(28)14-2-1-3-18(27)10-14)20-13-4-6-25(7-5-13)21(19)20/h1-3,8-11,13,19-21,27H,4-7,12H2/t19-,20+,21+/m0/s1. The molecule has 4 heterocycles. The van der Waals surface area contributed by atoms with Crippen LogP contribution in [0.5, 0.6) is 5.75 Å². The first-order valence-electron chi connectivity index (χ1n) is 9.81. The minimum Gasteiger partial charge on any atom is -0.508 e. The van der Waals surface area contributed by atoms with E-state index in [1.807, 2.05) is 4.90 Å². The average Bonchev–Trinajstić information content (AvgIpc) is 3.10. The minimum atomic E-state index is -0.583. The maximum Gasteiger partial charge on any atom is 0.254 e. The number of phenolic OH excluding ortho intramolecular Hbond substituents is 1. The molecule has 1 amide bonds. The largest absolute Gasteiger partial charge is 0.508 e. The van der Waals surface area contributed by atoms with Crippen molar-refractivity contribution in [2.24, 2.45) is 5.92 Å². The zero-order chi connectivity index (χ0) is 19.4. The molecule has 0 unspecified atom stereocenters. The molecule has 1 N–H and O–H groups in total. The number of hydrogen-bond donors (Lipinski definition) is 1. The third-order valence-corrected chi connectivity index (χ3v) is 6.66. The van der Waals surface area contributed by atoms with Crippen molar-refractivity contribution < 1.29 is 18.7 Å². The third-order valence-electron chi connectivity index (χ3n) is 6.66. The van der Waals surface area contributed by atoms with Crippen molar-refractivity contribution in [3.05, 3.63) is 65.2 Å². The highest BCUT2D eigenvalue weighted by Gasteiger charge is 2.54. The lowest BCUT2D eigenvalue weighted by atomic mass is 9.75. The monoisotopic (exact) mass is 384 g/mol. The molecule has 4 aliphatic heterocycles. The number of hydrogen-bond acceptors (Lipinski definition) is 3. The molecule has 6 heteroatoms. The van der Waals surface area contributed by atoms with Gasteiger partial charge in [0.15, 0.2) is 0 Å². The van der Waals surface area contributed by atoms with E-state index in [4.69, 9.17) is 0 Å². The van der Waals surface area contributed by atoms with Gasteiger partial charge in [0.25, 0.3) is 5.91 Å². The number of rotatable bonds is 2. The zero-order valence-corrected chi connectivity index (χ0v) is 15.4. The van der Waals surface area contributed by atoms with Gasteiger partial charge in [0.2, 0.25) is 0 Å². The van der Waals surface area contributed by atoms with Gasteiger partial charge in [0, 0.05) is 30.1 Å². The minimum absolute atomic E-state index is 0.0358. The lowest BCUT2D eigenvalue weighted by Gasteiger charge is -2.51. The number of carbonyl (C=O) groups is 1. The summed E-state index contributed by atoms with van der Waals surface area (Å²) in [6.45, 7) is 2.36. The van der Waals surface area contributed by atoms with Gasteiger partial charge in [0.1, 0.15) is 17.4 Å². The molecule has 0 spiro atoms. The number of halogens is 2. The molecule has 4 saturated heterocycles. The SMILES string of the molecule is O=C(c1cccc(O)c1)N1C[C@@H](c2cc(F)cc(F)c2)[C@@H]2[C@H]1C1CCN2CC1. The summed E-state index contributed by atoms with van der Waals surface area (Å²) in [6.07, 6.45) is 2.07. The Morgan fingerprint density at radius 2 is 1.71 bits per heavy atom. The van der Waals surface area contributed by atoms with Crippen LogP contribution in [0.15, 0.2) is 42.5 Å². The van der Waals surface area contributed by atoms with Crippen LogP contribution < -0.4 is 0 Å². The van der Waals surface area contributed by atoms with Crippen molar-refractivity contribution in [3.63, 3.8) is 0 Å². The van der Waals surface area contributed by atoms with Crippen LogP contribution in [0.25, 0.3) is 0 Å². The van der Waals surface area contributed by atoms with Crippen LogP contribution in [0.3, 0.4) is 0 Å². The first kappa shape index (κ1) is 17.6. The fourth-order valence-corrected chi connectivity index (χ4v) is 5.54. The van der Waals surface area contributed by atoms with E-state index in [2.05, 4.69) is 4.90 Å². The Labute approximate surface area is 162 Å². The number of benzene rings is 2. The van der Waals surface area contributed by atoms with Crippen LogP contribution >= 0.6 is 0 Å². The van der Waals surface area contributed by atoms with Gasteiger partial charge < -0.3 is 10.0 Å². The molecule has 4 aliphatic rings. The van der Waals surface area contributed by atoms with Crippen LogP contribution in [0.2, 0.25) is 0 Å². The average molecular weight is 384 g/mol. The number of amides is 1. The Balaban J connectivity index is 1.54. The van der Waals surface area contributed by atoms with E-state index in [0.29, 0.717) is 23.6 Å². The Hall–Kier alpha value is -2.47. The quantitative estimate of drug-likeness (QED) is 0.863. The van der Waals surface area contributed by atoms with Gasteiger partial charge in [-0.3, -0.25) is 9.69 Å².